The van der Waals surface area contributed by atoms with Gasteiger partial charge in [0.2, 0.25) is 11.8 Å². The summed E-state index contributed by atoms with van der Waals surface area (Å²) in [5, 5.41) is 9.05. The number of nitrogens with zero attached hydrogens (tertiary/aromatic N) is 1. The van der Waals surface area contributed by atoms with Crippen molar-refractivity contribution in [2.45, 2.75) is 50.7 Å². The molecule has 6 nitrogen and oxygen atoms in total. The number of nitrogens with one attached hydrogen (secondary N) is 2. The fourth-order valence-corrected chi connectivity index (χ4v) is 5.67. The fraction of sp³-hybridized carbons (Fsp3) is 0.314. The quantitative estimate of drug-likeness (QED) is 0.229. The highest BCUT2D eigenvalue weighted by molar-refractivity contribution is 5.87. The maximum atomic E-state index is 13.7. The van der Waals surface area contributed by atoms with Crippen LogP contribution in [0.1, 0.15) is 36.8 Å². The smallest absolute Gasteiger partial charge is 0.240 e. The summed E-state index contributed by atoms with van der Waals surface area (Å²) in [6.07, 6.45) is 3.61. The van der Waals surface area contributed by atoms with Crippen LogP contribution in [0.5, 0.6) is 0 Å². The molecule has 0 spiro atoms. The van der Waals surface area contributed by atoms with Crippen molar-refractivity contribution < 1.29 is 9.59 Å². The molecule has 2 amide bonds. The Hall–Kier alpha value is -4.00. The predicted octanol–water partition coefficient (Wildman–Crippen LogP) is 5.05. The van der Waals surface area contributed by atoms with Gasteiger partial charge in [-0.15, -0.1) is 0 Å². The van der Waals surface area contributed by atoms with Crippen LogP contribution in [0.2, 0.25) is 0 Å². The second kappa shape index (κ2) is 14.1. The van der Waals surface area contributed by atoms with Gasteiger partial charge >= 0.3 is 0 Å². The van der Waals surface area contributed by atoms with E-state index in [2.05, 4.69) is 65.2 Å². The Bertz CT molecular complexity index is 1430. The van der Waals surface area contributed by atoms with Gasteiger partial charge in [0.25, 0.3) is 0 Å². The maximum absolute atomic E-state index is 13.7. The summed E-state index contributed by atoms with van der Waals surface area (Å²) in [4.78, 5) is 28.5. The van der Waals surface area contributed by atoms with E-state index in [-0.39, 0.29) is 23.9 Å². The second-order valence-electron chi connectivity index (χ2n) is 10.9. The van der Waals surface area contributed by atoms with Gasteiger partial charge in [0.1, 0.15) is 0 Å². The molecule has 4 aromatic rings. The van der Waals surface area contributed by atoms with E-state index in [1.807, 2.05) is 47.4 Å². The third-order valence-electron chi connectivity index (χ3n) is 7.95. The molecule has 0 radical (unpaired) electrons. The van der Waals surface area contributed by atoms with Crippen molar-refractivity contribution in [3.8, 4) is 11.1 Å². The molecule has 6 heteroatoms. The topological polar surface area (TPSA) is 87.5 Å². The lowest BCUT2D eigenvalue weighted by Gasteiger charge is -2.25. The summed E-state index contributed by atoms with van der Waals surface area (Å²) in [7, 11) is 0. The monoisotopic (exact) mass is 548 g/mol. The van der Waals surface area contributed by atoms with Gasteiger partial charge in [0.05, 0.1) is 12.5 Å². The van der Waals surface area contributed by atoms with Crippen LogP contribution in [0.4, 0.5) is 0 Å². The van der Waals surface area contributed by atoms with Gasteiger partial charge < -0.3 is 21.3 Å². The molecule has 1 heterocycles. The predicted molar refractivity (Wildman–Crippen MR) is 166 cm³/mol. The molecule has 2 atom stereocenters. The summed E-state index contributed by atoms with van der Waals surface area (Å²) in [5.74, 6) is 0.115. The molecule has 1 aliphatic heterocycles. The van der Waals surface area contributed by atoms with Gasteiger partial charge in [0, 0.05) is 25.7 Å². The number of amides is 2. The number of carbonyl (C=O) groups is 2. The molecule has 0 bridgehead atoms. The van der Waals surface area contributed by atoms with Crippen LogP contribution in [0.15, 0.2) is 97.1 Å². The van der Waals surface area contributed by atoms with E-state index < -0.39 is 0 Å². The van der Waals surface area contributed by atoms with Crippen LogP contribution in [0.3, 0.4) is 0 Å². The zero-order valence-electron chi connectivity index (χ0n) is 23.6. The van der Waals surface area contributed by atoms with Crippen molar-refractivity contribution >= 4 is 22.6 Å². The number of carbonyl (C=O) groups excluding carboxylic acids is 2. The zero-order chi connectivity index (χ0) is 28.4. The Morgan fingerprint density at radius 1 is 0.878 bits per heavy atom. The second-order valence-corrected chi connectivity index (χ2v) is 10.9. The first-order chi connectivity index (χ1) is 20.1. The minimum Gasteiger partial charge on any atom is -0.354 e. The number of fused-ring (bicyclic) bond motifs is 1. The molecule has 0 aromatic heterocycles. The molecule has 1 fully saturated rings. The van der Waals surface area contributed by atoms with E-state index in [4.69, 9.17) is 5.73 Å². The molecule has 212 valence electrons. The van der Waals surface area contributed by atoms with Crippen LogP contribution in [-0.2, 0) is 22.6 Å². The van der Waals surface area contributed by atoms with Crippen LogP contribution in [0, 0.1) is 0 Å². The number of hydrogen-bond donors (Lipinski definition) is 3. The number of nitrogens with two attached hydrogens (primary N) is 1. The van der Waals surface area contributed by atoms with Crippen LogP contribution >= 0.6 is 0 Å². The number of hydrogen-bond acceptors (Lipinski definition) is 4. The van der Waals surface area contributed by atoms with Gasteiger partial charge in [-0.25, -0.2) is 0 Å². The Balaban J connectivity index is 1.20. The minimum absolute atomic E-state index is 0.0119. The fourth-order valence-electron chi connectivity index (χ4n) is 5.67. The van der Waals surface area contributed by atoms with Crippen LogP contribution in [-0.4, -0.2) is 48.4 Å². The van der Waals surface area contributed by atoms with Crippen molar-refractivity contribution in [1.29, 1.82) is 0 Å². The van der Waals surface area contributed by atoms with Gasteiger partial charge in [-0.05, 0) is 58.8 Å². The number of benzene rings is 4. The SMILES string of the molecule is NCCCC[C@H]1N[C@H](CNC(=O)Cc2ccc(-c3ccccc3)cc2)CCN(Cc2cccc3ccccc23)C1=O. The summed E-state index contributed by atoms with van der Waals surface area (Å²) < 4.78 is 0. The Morgan fingerprint density at radius 3 is 2.41 bits per heavy atom. The van der Waals surface area contributed by atoms with Gasteiger partial charge in [-0.2, -0.15) is 0 Å². The van der Waals surface area contributed by atoms with E-state index in [0.717, 1.165) is 47.9 Å². The average Bonchev–Trinajstić information content (AvgIpc) is 3.15. The van der Waals surface area contributed by atoms with Gasteiger partial charge in [0.15, 0.2) is 0 Å². The third kappa shape index (κ3) is 7.60. The lowest BCUT2D eigenvalue weighted by atomic mass is 10.0. The first-order valence-electron chi connectivity index (χ1n) is 14.7. The molecule has 0 aliphatic carbocycles. The van der Waals surface area contributed by atoms with E-state index >= 15 is 0 Å². The molecule has 4 N–H and O–H groups in total. The average molecular weight is 549 g/mol. The lowest BCUT2D eigenvalue weighted by Crippen LogP contribution is -2.48. The van der Waals surface area contributed by atoms with Crippen molar-refractivity contribution in [2.75, 3.05) is 19.6 Å². The Kier molecular flexibility index (Phi) is 9.78. The van der Waals surface area contributed by atoms with E-state index in [1.165, 1.54) is 10.8 Å². The van der Waals surface area contributed by atoms with E-state index in [0.29, 0.717) is 32.6 Å². The Morgan fingerprint density at radius 2 is 1.61 bits per heavy atom. The number of rotatable bonds is 11. The normalized spacial score (nSPS) is 17.4. The zero-order valence-corrected chi connectivity index (χ0v) is 23.6. The van der Waals surface area contributed by atoms with Crippen molar-refractivity contribution in [3.05, 3.63) is 108 Å². The van der Waals surface area contributed by atoms with E-state index in [9.17, 15) is 9.59 Å². The van der Waals surface area contributed by atoms with E-state index in [1.54, 1.807) is 0 Å². The molecular formula is C35H40N4O2. The standard InChI is InChI=1S/C35H40N4O2/c36-21-7-6-15-33-35(41)39(25-30-13-8-12-29-11-4-5-14-32(29)30)22-20-31(38-33)24-37-34(40)23-26-16-18-28(19-17-26)27-9-2-1-3-10-27/h1-5,8-14,16-19,31,33,38H,6-7,15,20-25,36H2,(H,37,40)/t31-,33+/m0/s1. The highest BCUT2D eigenvalue weighted by Crippen LogP contribution is 2.23. The lowest BCUT2D eigenvalue weighted by molar-refractivity contribution is -0.133. The molecule has 1 aliphatic rings. The van der Waals surface area contributed by atoms with Crippen molar-refractivity contribution in [3.63, 3.8) is 0 Å². The third-order valence-corrected chi connectivity index (χ3v) is 7.95. The summed E-state index contributed by atoms with van der Waals surface area (Å²) in [6, 6.07) is 32.7. The molecule has 4 aromatic carbocycles. The highest BCUT2D eigenvalue weighted by Gasteiger charge is 2.30. The molecular weight excluding hydrogens is 508 g/mol. The first-order valence-corrected chi connectivity index (χ1v) is 14.7. The van der Waals surface area contributed by atoms with Crippen molar-refractivity contribution in [1.82, 2.24) is 15.5 Å². The van der Waals surface area contributed by atoms with Gasteiger partial charge in [-0.3, -0.25) is 9.59 Å². The molecule has 0 saturated carbocycles. The van der Waals surface area contributed by atoms with Crippen molar-refractivity contribution in [2.24, 2.45) is 5.73 Å². The maximum Gasteiger partial charge on any atom is 0.240 e. The van der Waals surface area contributed by atoms with Gasteiger partial charge in [-0.1, -0.05) is 103 Å². The highest BCUT2D eigenvalue weighted by atomic mass is 16.2. The largest absolute Gasteiger partial charge is 0.354 e. The summed E-state index contributed by atoms with van der Waals surface area (Å²) in [5.41, 5.74) is 10.2. The van der Waals surface area contributed by atoms with Crippen LogP contribution in [0.25, 0.3) is 21.9 Å². The molecule has 41 heavy (non-hydrogen) atoms. The molecule has 1 saturated heterocycles. The summed E-state index contributed by atoms with van der Waals surface area (Å²) >= 11 is 0. The first kappa shape index (κ1) is 28.5. The summed E-state index contributed by atoms with van der Waals surface area (Å²) in [6.45, 7) is 2.33. The number of unbranched alkanes of at least 4 members (excludes halogenated alkanes) is 1. The Labute approximate surface area is 242 Å². The molecule has 0 unspecified atom stereocenters. The molecule has 5 rings (SSSR count). The minimum atomic E-state index is -0.286. The van der Waals surface area contributed by atoms with Crippen LogP contribution < -0.4 is 16.4 Å².